The number of nitrogens with one attached hydrogen (secondary N) is 1. The summed E-state index contributed by atoms with van der Waals surface area (Å²) in [5, 5.41) is 7.46. The Hall–Kier alpha value is -1.29. The van der Waals surface area contributed by atoms with Crippen molar-refractivity contribution in [3.63, 3.8) is 0 Å². The van der Waals surface area contributed by atoms with Gasteiger partial charge >= 0.3 is 0 Å². The zero-order chi connectivity index (χ0) is 11.5. The molecule has 1 aromatic heterocycles. The standard InChI is InChI=1S/C12H14BrN3/c1-9-5-11(13)4-3-10(9)6-14-12-7-15-16(2)8-12/h3-5,7-8,14H,6H2,1-2H3. The smallest absolute Gasteiger partial charge is 0.0729 e. The van der Waals surface area contributed by atoms with Gasteiger partial charge in [-0.3, -0.25) is 4.68 Å². The van der Waals surface area contributed by atoms with Crippen molar-refractivity contribution in [1.82, 2.24) is 9.78 Å². The number of anilines is 1. The van der Waals surface area contributed by atoms with Crippen LogP contribution in [0.15, 0.2) is 35.1 Å². The lowest BCUT2D eigenvalue weighted by atomic mass is 10.1. The van der Waals surface area contributed by atoms with Crippen LogP contribution < -0.4 is 5.32 Å². The fourth-order valence-corrected chi connectivity index (χ4v) is 2.04. The zero-order valence-corrected chi connectivity index (χ0v) is 11.0. The van der Waals surface area contributed by atoms with Crippen molar-refractivity contribution in [2.45, 2.75) is 13.5 Å². The largest absolute Gasteiger partial charge is 0.378 e. The highest BCUT2D eigenvalue weighted by Gasteiger charge is 2.00. The molecule has 16 heavy (non-hydrogen) atoms. The van der Waals surface area contributed by atoms with Crippen molar-refractivity contribution < 1.29 is 0 Å². The molecule has 2 rings (SSSR count). The number of hydrogen-bond acceptors (Lipinski definition) is 2. The molecule has 1 heterocycles. The second-order valence-corrected chi connectivity index (χ2v) is 4.74. The van der Waals surface area contributed by atoms with E-state index in [0.29, 0.717) is 0 Å². The summed E-state index contributed by atoms with van der Waals surface area (Å²) in [6.07, 6.45) is 3.79. The van der Waals surface area contributed by atoms with Crippen molar-refractivity contribution in [3.05, 3.63) is 46.2 Å². The van der Waals surface area contributed by atoms with Crippen molar-refractivity contribution >= 4 is 21.6 Å². The van der Waals surface area contributed by atoms with Gasteiger partial charge < -0.3 is 5.32 Å². The summed E-state index contributed by atoms with van der Waals surface area (Å²) in [5.41, 5.74) is 3.63. The van der Waals surface area contributed by atoms with Gasteiger partial charge in [-0.2, -0.15) is 5.10 Å². The Bertz CT molecular complexity index is 491. The average Bonchev–Trinajstić information content (AvgIpc) is 2.63. The highest BCUT2D eigenvalue weighted by Crippen LogP contribution is 2.17. The quantitative estimate of drug-likeness (QED) is 0.936. The fraction of sp³-hybridized carbons (Fsp3) is 0.250. The Morgan fingerprint density at radius 2 is 2.25 bits per heavy atom. The lowest BCUT2D eigenvalue weighted by Crippen LogP contribution is -2.00. The summed E-state index contributed by atoms with van der Waals surface area (Å²) >= 11 is 3.46. The minimum Gasteiger partial charge on any atom is -0.378 e. The molecule has 0 fully saturated rings. The molecule has 0 aliphatic carbocycles. The van der Waals surface area contributed by atoms with E-state index in [-0.39, 0.29) is 0 Å². The van der Waals surface area contributed by atoms with Crippen LogP contribution in [0.2, 0.25) is 0 Å². The van der Waals surface area contributed by atoms with Gasteiger partial charge in [0.05, 0.1) is 11.9 Å². The van der Waals surface area contributed by atoms with Crippen molar-refractivity contribution in [2.24, 2.45) is 7.05 Å². The molecular weight excluding hydrogens is 266 g/mol. The Labute approximate surface area is 104 Å². The molecule has 0 saturated heterocycles. The Balaban J connectivity index is 2.04. The number of benzene rings is 1. The van der Waals surface area contributed by atoms with Crippen LogP contribution >= 0.6 is 15.9 Å². The molecule has 0 amide bonds. The van der Waals surface area contributed by atoms with Crippen molar-refractivity contribution in [1.29, 1.82) is 0 Å². The lowest BCUT2D eigenvalue weighted by molar-refractivity contribution is 0.768. The Kier molecular flexibility index (Phi) is 3.29. The highest BCUT2D eigenvalue weighted by molar-refractivity contribution is 9.10. The second-order valence-electron chi connectivity index (χ2n) is 3.83. The minimum absolute atomic E-state index is 0.824. The van der Waals surface area contributed by atoms with Gasteiger partial charge in [0.25, 0.3) is 0 Å². The van der Waals surface area contributed by atoms with Crippen LogP contribution in [0.3, 0.4) is 0 Å². The van der Waals surface area contributed by atoms with Crippen molar-refractivity contribution in [2.75, 3.05) is 5.32 Å². The predicted molar refractivity (Wildman–Crippen MR) is 69.4 cm³/mol. The molecule has 0 radical (unpaired) electrons. The zero-order valence-electron chi connectivity index (χ0n) is 9.37. The third-order valence-corrected chi connectivity index (χ3v) is 2.99. The van der Waals surface area contributed by atoms with E-state index in [1.807, 2.05) is 19.4 Å². The molecule has 0 atom stereocenters. The Morgan fingerprint density at radius 3 is 2.88 bits per heavy atom. The van der Waals surface area contributed by atoms with Crippen molar-refractivity contribution in [3.8, 4) is 0 Å². The average molecular weight is 280 g/mol. The topological polar surface area (TPSA) is 29.9 Å². The van der Waals surface area contributed by atoms with Gasteiger partial charge in [-0.25, -0.2) is 0 Å². The Morgan fingerprint density at radius 1 is 1.44 bits per heavy atom. The number of aryl methyl sites for hydroxylation is 2. The number of rotatable bonds is 3. The van der Waals surface area contributed by atoms with E-state index >= 15 is 0 Å². The molecule has 0 spiro atoms. The first-order valence-electron chi connectivity index (χ1n) is 5.13. The van der Waals surface area contributed by atoms with Crippen LogP contribution in [0.4, 0.5) is 5.69 Å². The van der Waals surface area contributed by atoms with Gasteiger partial charge in [0.15, 0.2) is 0 Å². The summed E-state index contributed by atoms with van der Waals surface area (Å²) in [7, 11) is 1.91. The van der Waals surface area contributed by atoms with Gasteiger partial charge in [0.2, 0.25) is 0 Å². The van der Waals surface area contributed by atoms with E-state index in [0.717, 1.165) is 16.7 Å². The van der Waals surface area contributed by atoms with Crippen LogP contribution in [0.25, 0.3) is 0 Å². The van der Waals surface area contributed by atoms with E-state index in [4.69, 9.17) is 0 Å². The lowest BCUT2D eigenvalue weighted by Gasteiger charge is -2.07. The number of aromatic nitrogens is 2. The van der Waals surface area contributed by atoms with E-state index in [1.54, 1.807) is 4.68 Å². The van der Waals surface area contributed by atoms with Gasteiger partial charge in [-0.15, -0.1) is 0 Å². The van der Waals surface area contributed by atoms with Crippen LogP contribution in [0, 0.1) is 6.92 Å². The maximum absolute atomic E-state index is 4.11. The maximum atomic E-state index is 4.11. The molecule has 0 aliphatic heterocycles. The molecule has 0 bridgehead atoms. The third-order valence-electron chi connectivity index (χ3n) is 2.49. The van der Waals surface area contributed by atoms with E-state index in [9.17, 15) is 0 Å². The summed E-state index contributed by atoms with van der Waals surface area (Å²) in [4.78, 5) is 0. The molecule has 0 aliphatic rings. The summed E-state index contributed by atoms with van der Waals surface area (Å²) < 4.78 is 2.91. The third kappa shape index (κ3) is 2.64. The SMILES string of the molecule is Cc1cc(Br)ccc1CNc1cnn(C)c1. The van der Waals surface area contributed by atoms with Crippen LogP contribution in [-0.2, 0) is 13.6 Å². The fourth-order valence-electron chi connectivity index (χ4n) is 1.57. The van der Waals surface area contributed by atoms with Crippen LogP contribution in [0.5, 0.6) is 0 Å². The summed E-state index contributed by atoms with van der Waals surface area (Å²) in [5.74, 6) is 0. The molecule has 1 aromatic carbocycles. The molecule has 2 aromatic rings. The van der Waals surface area contributed by atoms with Crippen LogP contribution in [0.1, 0.15) is 11.1 Å². The molecule has 0 unspecified atom stereocenters. The first-order valence-corrected chi connectivity index (χ1v) is 5.92. The first-order chi connectivity index (χ1) is 7.65. The minimum atomic E-state index is 0.824. The molecule has 4 heteroatoms. The molecular formula is C12H14BrN3. The maximum Gasteiger partial charge on any atom is 0.0729 e. The van der Waals surface area contributed by atoms with E-state index < -0.39 is 0 Å². The molecule has 1 N–H and O–H groups in total. The summed E-state index contributed by atoms with van der Waals surface area (Å²) in [6.45, 7) is 2.94. The molecule has 3 nitrogen and oxygen atoms in total. The normalized spacial score (nSPS) is 10.4. The molecule has 84 valence electrons. The summed E-state index contributed by atoms with van der Waals surface area (Å²) in [6, 6.07) is 6.32. The number of hydrogen-bond donors (Lipinski definition) is 1. The second kappa shape index (κ2) is 4.70. The highest BCUT2D eigenvalue weighted by atomic mass is 79.9. The first kappa shape index (κ1) is 11.2. The van der Waals surface area contributed by atoms with Crippen LogP contribution in [-0.4, -0.2) is 9.78 Å². The number of halogens is 1. The predicted octanol–water partition coefficient (Wildman–Crippen LogP) is 3.10. The van der Waals surface area contributed by atoms with Gasteiger partial charge in [0, 0.05) is 24.3 Å². The van der Waals surface area contributed by atoms with Gasteiger partial charge in [0.1, 0.15) is 0 Å². The van der Waals surface area contributed by atoms with Gasteiger partial charge in [-0.1, -0.05) is 22.0 Å². The van der Waals surface area contributed by atoms with Gasteiger partial charge in [-0.05, 0) is 30.2 Å². The van der Waals surface area contributed by atoms with E-state index in [1.165, 1.54) is 11.1 Å². The molecule has 0 saturated carbocycles. The number of nitrogens with zero attached hydrogens (tertiary/aromatic N) is 2. The monoisotopic (exact) mass is 279 g/mol. The van der Waals surface area contributed by atoms with E-state index in [2.05, 4.69) is 51.5 Å².